The molecule has 150 valence electrons. The third-order valence-electron chi connectivity index (χ3n) is 6.51. The number of likely N-dealkylation sites (tertiary alicyclic amines) is 2. The summed E-state index contributed by atoms with van der Waals surface area (Å²) in [4.78, 5) is 23.8. The molecule has 1 aromatic carbocycles. The number of piperidine rings is 2. The number of benzene rings is 1. The van der Waals surface area contributed by atoms with Crippen LogP contribution in [0.5, 0.6) is 0 Å². The Labute approximate surface area is 164 Å². The van der Waals surface area contributed by atoms with E-state index >= 15 is 0 Å². The highest BCUT2D eigenvalue weighted by Crippen LogP contribution is 2.29. The van der Waals surface area contributed by atoms with E-state index in [1.165, 1.54) is 0 Å². The Bertz CT molecular complexity index is 806. The lowest BCUT2D eigenvalue weighted by Crippen LogP contribution is -2.58. The number of aliphatic hydroxyl groups is 1. The van der Waals surface area contributed by atoms with Crippen LogP contribution in [0.15, 0.2) is 28.7 Å². The SMILES string of the molecule is O=C([C@H]1CCCN(C2CCN(c3nc4ccccc4o3)CC2)C1)N1CC(O)C1. The van der Waals surface area contributed by atoms with Gasteiger partial charge in [-0.15, -0.1) is 0 Å². The highest BCUT2D eigenvalue weighted by Gasteiger charge is 2.37. The number of carbonyl (C=O) groups excluding carboxylic acids is 1. The van der Waals surface area contributed by atoms with Gasteiger partial charge in [0.1, 0.15) is 5.52 Å². The number of anilines is 1. The number of hydrogen-bond donors (Lipinski definition) is 1. The highest BCUT2D eigenvalue weighted by molar-refractivity contribution is 5.80. The van der Waals surface area contributed by atoms with Crippen molar-refractivity contribution in [2.45, 2.75) is 37.8 Å². The molecule has 2 aromatic rings. The van der Waals surface area contributed by atoms with Gasteiger partial charge in [0.2, 0.25) is 5.91 Å². The zero-order valence-corrected chi connectivity index (χ0v) is 16.2. The van der Waals surface area contributed by atoms with Gasteiger partial charge >= 0.3 is 0 Å². The van der Waals surface area contributed by atoms with E-state index < -0.39 is 0 Å². The number of hydrogen-bond acceptors (Lipinski definition) is 6. The third-order valence-corrected chi connectivity index (χ3v) is 6.51. The molecule has 0 aliphatic carbocycles. The Hall–Kier alpha value is -2.12. The van der Waals surface area contributed by atoms with Gasteiger partial charge in [0.05, 0.1) is 12.0 Å². The van der Waals surface area contributed by atoms with Crippen LogP contribution in [0.25, 0.3) is 11.1 Å². The Kier molecular flexibility index (Phi) is 4.72. The van der Waals surface area contributed by atoms with E-state index in [-0.39, 0.29) is 17.9 Å². The molecule has 0 bridgehead atoms. The van der Waals surface area contributed by atoms with Gasteiger partial charge < -0.3 is 19.3 Å². The maximum absolute atomic E-state index is 12.6. The molecule has 1 aromatic heterocycles. The molecule has 1 amide bonds. The third kappa shape index (κ3) is 3.37. The molecule has 28 heavy (non-hydrogen) atoms. The second-order valence-electron chi connectivity index (χ2n) is 8.41. The average Bonchev–Trinajstić information content (AvgIpc) is 3.15. The number of amides is 1. The summed E-state index contributed by atoms with van der Waals surface area (Å²) in [7, 11) is 0. The van der Waals surface area contributed by atoms with E-state index in [0.717, 1.165) is 69.0 Å². The molecule has 0 unspecified atom stereocenters. The molecule has 4 heterocycles. The lowest BCUT2D eigenvalue weighted by Gasteiger charge is -2.44. The van der Waals surface area contributed by atoms with Crippen molar-refractivity contribution < 1.29 is 14.3 Å². The van der Waals surface area contributed by atoms with Crippen LogP contribution in [-0.4, -0.2) is 77.2 Å². The number of nitrogens with zero attached hydrogens (tertiary/aromatic N) is 4. The number of carbonyl (C=O) groups is 1. The molecule has 7 nitrogen and oxygen atoms in total. The predicted octanol–water partition coefficient (Wildman–Crippen LogP) is 1.71. The Morgan fingerprint density at radius 3 is 2.61 bits per heavy atom. The number of aromatic nitrogens is 1. The van der Waals surface area contributed by atoms with E-state index in [4.69, 9.17) is 4.42 Å². The summed E-state index contributed by atoms with van der Waals surface area (Å²) in [5.74, 6) is 0.329. The van der Waals surface area contributed by atoms with Gasteiger partial charge in [0, 0.05) is 38.8 Å². The number of oxazole rings is 1. The first kappa shape index (κ1) is 17.9. The van der Waals surface area contributed by atoms with Crippen molar-refractivity contribution in [3.8, 4) is 0 Å². The largest absolute Gasteiger partial charge is 0.423 e. The zero-order valence-electron chi connectivity index (χ0n) is 16.2. The fraction of sp³-hybridized carbons (Fsp3) is 0.619. The topological polar surface area (TPSA) is 73.1 Å². The fourth-order valence-electron chi connectivity index (χ4n) is 4.85. The summed E-state index contributed by atoms with van der Waals surface area (Å²) in [6.07, 6.45) is 3.88. The van der Waals surface area contributed by atoms with E-state index in [2.05, 4.69) is 14.8 Å². The molecule has 1 atom stereocenters. The van der Waals surface area contributed by atoms with Crippen molar-refractivity contribution in [3.63, 3.8) is 0 Å². The normalized spacial score (nSPS) is 25.2. The van der Waals surface area contributed by atoms with E-state index in [0.29, 0.717) is 19.1 Å². The maximum Gasteiger partial charge on any atom is 0.298 e. The summed E-state index contributed by atoms with van der Waals surface area (Å²) >= 11 is 0. The minimum Gasteiger partial charge on any atom is -0.423 e. The lowest BCUT2D eigenvalue weighted by molar-refractivity contribution is -0.148. The van der Waals surface area contributed by atoms with E-state index in [9.17, 15) is 9.90 Å². The van der Waals surface area contributed by atoms with Crippen LogP contribution in [0.1, 0.15) is 25.7 Å². The Morgan fingerprint density at radius 2 is 1.86 bits per heavy atom. The number of β-amino-alcohol motifs (C(OH)–C–C–N with tert-alkyl or cyclic N) is 1. The summed E-state index contributed by atoms with van der Waals surface area (Å²) in [5, 5.41) is 9.46. The van der Waals surface area contributed by atoms with Crippen molar-refractivity contribution >= 4 is 23.0 Å². The number of fused-ring (bicyclic) bond motifs is 1. The molecule has 5 rings (SSSR count). The van der Waals surface area contributed by atoms with Gasteiger partial charge in [-0.1, -0.05) is 12.1 Å². The Morgan fingerprint density at radius 1 is 1.07 bits per heavy atom. The van der Waals surface area contributed by atoms with Gasteiger partial charge in [-0.05, 0) is 44.4 Å². The number of aliphatic hydroxyl groups excluding tert-OH is 1. The summed E-state index contributed by atoms with van der Waals surface area (Å²) in [6, 6.07) is 9.15. The van der Waals surface area contributed by atoms with Crippen molar-refractivity contribution in [3.05, 3.63) is 24.3 Å². The molecule has 3 aliphatic heterocycles. The first-order chi connectivity index (χ1) is 13.7. The minimum atomic E-state index is -0.320. The minimum absolute atomic E-state index is 0.0938. The van der Waals surface area contributed by atoms with Gasteiger partial charge in [-0.25, -0.2) is 0 Å². The van der Waals surface area contributed by atoms with Crippen molar-refractivity contribution in [1.29, 1.82) is 0 Å². The van der Waals surface area contributed by atoms with Gasteiger partial charge in [-0.2, -0.15) is 4.98 Å². The molecule has 3 fully saturated rings. The monoisotopic (exact) mass is 384 g/mol. The van der Waals surface area contributed by atoms with Gasteiger partial charge in [0.15, 0.2) is 5.58 Å². The molecule has 0 spiro atoms. The van der Waals surface area contributed by atoms with E-state index in [1.54, 1.807) is 0 Å². The number of para-hydroxylation sites is 2. The van der Waals surface area contributed by atoms with Crippen LogP contribution in [-0.2, 0) is 4.79 Å². The molecule has 3 saturated heterocycles. The average molecular weight is 384 g/mol. The van der Waals surface area contributed by atoms with Crippen LogP contribution in [0.4, 0.5) is 6.01 Å². The van der Waals surface area contributed by atoms with Gasteiger partial charge in [0.25, 0.3) is 6.01 Å². The molecule has 0 saturated carbocycles. The van der Waals surface area contributed by atoms with Gasteiger partial charge in [-0.3, -0.25) is 9.69 Å². The quantitative estimate of drug-likeness (QED) is 0.869. The molecule has 3 aliphatic rings. The number of rotatable bonds is 3. The summed E-state index contributed by atoms with van der Waals surface area (Å²) in [5.41, 5.74) is 1.75. The smallest absolute Gasteiger partial charge is 0.298 e. The molecule has 0 radical (unpaired) electrons. The predicted molar refractivity (Wildman–Crippen MR) is 106 cm³/mol. The summed E-state index contributed by atoms with van der Waals surface area (Å²) < 4.78 is 5.92. The van der Waals surface area contributed by atoms with Crippen molar-refractivity contribution in [2.75, 3.05) is 44.2 Å². The van der Waals surface area contributed by atoms with Crippen LogP contribution in [0, 0.1) is 5.92 Å². The molecular formula is C21H28N4O3. The molecule has 7 heteroatoms. The zero-order chi connectivity index (χ0) is 19.1. The summed E-state index contributed by atoms with van der Waals surface area (Å²) in [6.45, 7) is 4.84. The van der Waals surface area contributed by atoms with Crippen LogP contribution in [0.2, 0.25) is 0 Å². The van der Waals surface area contributed by atoms with Crippen LogP contribution in [0.3, 0.4) is 0 Å². The second kappa shape index (κ2) is 7.37. The van der Waals surface area contributed by atoms with Crippen LogP contribution >= 0.6 is 0 Å². The second-order valence-corrected chi connectivity index (χ2v) is 8.41. The highest BCUT2D eigenvalue weighted by atomic mass is 16.4. The molecular weight excluding hydrogens is 356 g/mol. The van der Waals surface area contributed by atoms with Crippen LogP contribution < -0.4 is 4.90 Å². The first-order valence-electron chi connectivity index (χ1n) is 10.5. The lowest BCUT2D eigenvalue weighted by atomic mass is 9.92. The maximum atomic E-state index is 12.6. The van der Waals surface area contributed by atoms with E-state index in [1.807, 2.05) is 29.2 Å². The standard InChI is InChI=1S/C21H28N4O3/c26-17-13-25(14-17)20(27)15-4-3-9-24(12-15)16-7-10-23(11-8-16)21-22-18-5-1-2-6-19(18)28-21/h1-2,5-6,15-17,26H,3-4,7-14H2/t15-/m0/s1. The molecule has 1 N–H and O–H groups in total. The van der Waals surface area contributed by atoms with Crippen molar-refractivity contribution in [1.82, 2.24) is 14.8 Å². The Balaban J connectivity index is 1.17. The fourth-order valence-corrected chi connectivity index (χ4v) is 4.85. The first-order valence-corrected chi connectivity index (χ1v) is 10.5. The van der Waals surface area contributed by atoms with Crippen molar-refractivity contribution in [2.24, 2.45) is 5.92 Å².